The molecule has 0 saturated carbocycles. The second-order valence-corrected chi connectivity index (χ2v) is 10.1. The van der Waals surface area contributed by atoms with Crippen LogP contribution in [0, 0.1) is 5.92 Å². The van der Waals surface area contributed by atoms with Gasteiger partial charge in [-0.15, -0.1) is 0 Å². The van der Waals surface area contributed by atoms with E-state index in [1.807, 2.05) is 91.0 Å². The Morgan fingerprint density at radius 3 is 1.87 bits per heavy atom. The van der Waals surface area contributed by atoms with Gasteiger partial charge in [0.1, 0.15) is 24.4 Å². The van der Waals surface area contributed by atoms with Crippen molar-refractivity contribution in [2.45, 2.75) is 63.3 Å². The molecule has 5 rings (SSSR count). The molecule has 200 valence electrons. The van der Waals surface area contributed by atoms with Crippen LogP contribution in [0.4, 0.5) is 0 Å². The number of nitrogens with one attached hydrogen (secondary N) is 1. The molecule has 0 aromatic heterocycles. The number of piperidine rings is 1. The second-order valence-electron chi connectivity index (χ2n) is 10.1. The molecular formula is C31H35NO6. The Hall–Kier alpha value is -3.07. The molecule has 1 amide bonds. The van der Waals surface area contributed by atoms with Gasteiger partial charge in [0.25, 0.3) is 0 Å². The zero-order valence-electron chi connectivity index (χ0n) is 21.6. The van der Waals surface area contributed by atoms with Crippen LogP contribution >= 0.6 is 0 Å². The lowest BCUT2D eigenvalue weighted by Crippen LogP contribution is -2.74. The molecule has 0 spiro atoms. The fourth-order valence-electron chi connectivity index (χ4n) is 5.18. The molecule has 7 heteroatoms. The number of carbonyl (C=O) groups excluding carboxylic acids is 1. The van der Waals surface area contributed by atoms with Crippen LogP contribution < -0.4 is 5.32 Å². The molecule has 1 unspecified atom stereocenters. The van der Waals surface area contributed by atoms with Gasteiger partial charge in [0.2, 0.25) is 5.91 Å². The first-order valence-corrected chi connectivity index (χ1v) is 13.1. The minimum absolute atomic E-state index is 0.142. The van der Waals surface area contributed by atoms with Crippen LogP contribution in [0.3, 0.4) is 0 Å². The van der Waals surface area contributed by atoms with E-state index in [1.54, 1.807) is 6.92 Å². The van der Waals surface area contributed by atoms with Crippen LogP contribution in [-0.4, -0.2) is 47.8 Å². The number of carbonyl (C=O) groups is 1. The molecule has 0 bridgehead atoms. The molecule has 2 aliphatic rings. The molecule has 2 fully saturated rings. The average Bonchev–Trinajstić information content (AvgIpc) is 2.94. The summed E-state index contributed by atoms with van der Waals surface area (Å²) >= 11 is 0. The van der Waals surface area contributed by atoms with Gasteiger partial charge in [0.15, 0.2) is 5.79 Å². The number of hydrogen-bond donors (Lipinski definition) is 2. The lowest BCUT2D eigenvalue weighted by molar-refractivity contribution is -0.341. The van der Waals surface area contributed by atoms with E-state index in [2.05, 4.69) is 5.32 Å². The lowest BCUT2D eigenvalue weighted by Gasteiger charge is -2.53. The maximum atomic E-state index is 12.7. The standard InChI is InChI=1S/C31H35NO6/c1-22-17-31(34)29(32-30(22)33)28(37-20-25-15-9-4-10-16-25)27(36-19-24-13-7-3-8-14-24)26(38-31)21-35-18-23-11-5-2-6-12-23/h2-16,22,26-29,34H,17-21H2,1H3,(H,32,33)/t22?,26-,27+,28+,29-,31+/m1/s1. The third kappa shape index (κ3) is 6.31. The van der Waals surface area contributed by atoms with E-state index >= 15 is 0 Å². The molecule has 0 aliphatic carbocycles. The van der Waals surface area contributed by atoms with Crippen LogP contribution in [0.25, 0.3) is 0 Å². The van der Waals surface area contributed by atoms with Crippen molar-refractivity contribution in [3.63, 3.8) is 0 Å². The van der Waals surface area contributed by atoms with Gasteiger partial charge in [-0.25, -0.2) is 0 Å². The van der Waals surface area contributed by atoms with Crippen molar-refractivity contribution in [2.75, 3.05) is 6.61 Å². The van der Waals surface area contributed by atoms with Crippen LogP contribution in [0.1, 0.15) is 30.0 Å². The molecule has 2 aliphatic heterocycles. The van der Waals surface area contributed by atoms with Crippen molar-refractivity contribution < 1.29 is 28.8 Å². The van der Waals surface area contributed by atoms with Crippen LogP contribution in [0.5, 0.6) is 0 Å². The summed E-state index contributed by atoms with van der Waals surface area (Å²) in [5.74, 6) is -2.15. The largest absolute Gasteiger partial charge is 0.374 e. The number of hydrogen-bond acceptors (Lipinski definition) is 6. The van der Waals surface area contributed by atoms with Gasteiger partial charge in [-0.2, -0.15) is 0 Å². The van der Waals surface area contributed by atoms with Crippen LogP contribution in [-0.2, 0) is 43.6 Å². The molecule has 2 heterocycles. The van der Waals surface area contributed by atoms with Crippen molar-refractivity contribution in [3.8, 4) is 0 Å². The predicted octanol–water partition coefficient (Wildman–Crippen LogP) is 3.99. The minimum atomic E-state index is -1.61. The van der Waals surface area contributed by atoms with E-state index in [0.29, 0.717) is 19.8 Å². The zero-order valence-corrected chi connectivity index (χ0v) is 21.6. The van der Waals surface area contributed by atoms with Crippen molar-refractivity contribution in [2.24, 2.45) is 5.92 Å². The first-order valence-electron chi connectivity index (χ1n) is 13.1. The van der Waals surface area contributed by atoms with Gasteiger partial charge in [0.05, 0.1) is 26.4 Å². The average molecular weight is 518 g/mol. The van der Waals surface area contributed by atoms with Gasteiger partial charge in [-0.05, 0) is 16.7 Å². The molecule has 0 radical (unpaired) electrons. The molecule has 6 atom stereocenters. The van der Waals surface area contributed by atoms with Gasteiger partial charge < -0.3 is 29.4 Å². The Morgan fingerprint density at radius 1 is 0.816 bits per heavy atom. The summed E-state index contributed by atoms with van der Waals surface area (Å²) in [4.78, 5) is 12.7. The minimum Gasteiger partial charge on any atom is -0.374 e. The van der Waals surface area contributed by atoms with Gasteiger partial charge in [0, 0.05) is 12.3 Å². The summed E-state index contributed by atoms with van der Waals surface area (Å²) in [6.45, 7) is 3.00. The number of ether oxygens (including phenoxy) is 4. The number of fused-ring (bicyclic) bond motifs is 1. The van der Waals surface area contributed by atoms with Crippen molar-refractivity contribution in [1.82, 2.24) is 5.32 Å². The maximum absolute atomic E-state index is 12.7. The highest BCUT2D eigenvalue weighted by Crippen LogP contribution is 2.39. The number of rotatable bonds is 10. The summed E-state index contributed by atoms with van der Waals surface area (Å²) < 4.78 is 25.3. The van der Waals surface area contributed by atoms with Gasteiger partial charge >= 0.3 is 0 Å². The Bertz CT molecular complexity index is 1160. The van der Waals surface area contributed by atoms with Gasteiger partial charge in [-0.3, -0.25) is 4.79 Å². The first-order chi connectivity index (χ1) is 18.5. The highest BCUT2D eigenvalue weighted by Gasteiger charge is 2.58. The summed E-state index contributed by atoms with van der Waals surface area (Å²) in [6.07, 6.45) is -1.73. The number of benzene rings is 3. The smallest absolute Gasteiger partial charge is 0.223 e. The van der Waals surface area contributed by atoms with Gasteiger partial charge in [-0.1, -0.05) is 97.9 Å². The van der Waals surface area contributed by atoms with E-state index in [4.69, 9.17) is 18.9 Å². The molecule has 3 aromatic rings. The van der Waals surface area contributed by atoms with E-state index < -0.39 is 36.1 Å². The second kappa shape index (κ2) is 12.2. The normalized spacial score (nSPS) is 28.9. The lowest BCUT2D eigenvalue weighted by atomic mass is 9.81. The fourth-order valence-corrected chi connectivity index (χ4v) is 5.18. The van der Waals surface area contributed by atoms with E-state index in [-0.39, 0.29) is 18.9 Å². The molecule has 38 heavy (non-hydrogen) atoms. The quantitative estimate of drug-likeness (QED) is 0.423. The SMILES string of the molecule is CC1C[C@]2(O)O[C@H](COCc3ccccc3)[C@H](OCc3ccccc3)[C@H](OCc3ccccc3)[C@H]2NC1=O. The number of aliphatic hydroxyl groups is 1. The Balaban J connectivity index is 1.40. The van der Waals surface area contributed by atoms with Crippen molar-refractivity contribution >= 4 is 5.91 Å². The molecular weight excluding hydrogens is 482 g/mol. The Morgan fingerprint density at radius 2 is 1.32 bits per heavy atom. The third-order valence-electron chi connectivity index (χ3n) is 7.17. The summed E-state index contributed by atoms with van der Waals surface area (Å²) in [6, 6.07) is 28.8. The van der Waals surface area contributed by atoms with E-state index in [1.165, 1.54) is 0 Å². The van der Waals surface area contributed by atoms with Crippen molar-refractivity contribution in [3.05, 3.63) is 108 Å². The topological polar surface area (TPSA) is 86.2 Å². The fraction of sp³-hybridized carbons (Fsp3) is 0.387. The molecule has 2 N–H and O–H groups in total. The summed E-state index contributed by atoms with van der Waals surface area (Å²) in [5, 5.41) is 14.7. The van der Waals surface area contributed by atoms with Crippen LogP contribution in [0.2, 0.25) is 0 Å². The van der Waals surface area contributed by atoms with E-state index in [9.17, 15) is 9.90 Å². The third-order valence-corrected chi connectivity index (χ3v) is 7.17. The summed E-state index contributed by atoms with van der Waals surface area (Å²) in [7, 11) is 0. The first kappa shape index (κ1) is 26.5. The molecule has 3 aromatic carbocycles. The highest BCUT2D eigenvalue weighted by molar-refractivity contribution is 5.80. The van der Waals surface area contributed by atoms with Crippen molar-refractivity contribution in [1.29, 1.82) is 0 Å². The predicted molar refractivity (Wildman–Crippen MR) is 142 cm³/mol. The highest BCUT2D eigenvalue weighted by atomic mass is 16.7. The van der Waals surface area contributed by atoms with E-state index in [0.717, 1.165) is 16.7 Å². The monoisotopic (exact) mass is 517 g/mol. The molecule has 7 nitrogen and oxygen atoms in total. The summed E-state index contributed by atoms with van der Waals surface area (Å²) in [5.41, 5.74) is 3.02. The van der Waals surface area contributed by atoms with Crippen LogP contribution in [0.15, 0.2) is 91.0 Å². The zero-order chi connectivity index (χ0) is 26.4. The Kier molecular flexibility index (Phi) is 8.51. The maximum Gasteiger partial charge on any atom is 0.223 e. The number of amides is 1. The molecule has 2 saturated heterocycles. The Labute approximate surface area is 223 Å².